The molecule has 5 nitrogen and oxygen atoms in total. The molecule has 2 rings (SSSR count). The quantitative estimate of drug-likeness (QED) is 0.807. The van der Waals surface area contributed by atoms with Crippen molar-refractivity contribution in [3.05, 3.63) is 28.2 Å². The third-order valence-corrected chi connectivity index (χ3v) is 3.20. The van der Waals surface area contributed by atoms with E-state index in [1.165, 1.54) is 16.8 Å². The van der Waals surface area contributed by atoms with Crippen molar-refractivity contribution in [2.75, 3.05) is 13.1 Å². The van der Waals surface area contributed by atoms with Gasteiger partial charge in [0.25, 0.3) is 11.5 Å². The number of unbranched alkanes of at least 4 members (excludes halogenated alkanes) is 1. The van der Waals surface area contributed by atoms with Crippen molar-refractivity contribution >= 4 is 5.91 Å². The number of carbonyl (C=O) groups is 1. The van der Waals surface area contributed by atoms with Crippen LogP contribution in [0.25, 0.3) is 0 Å². The number of aromatic nitrogens is 2. The summed E-state index contributed by atoms with van der Waals surface area (Å²) in [5, 5.41) is 4.17. The van der Waals surface area contributed by atoms with Crippen LogP contribution in [0.2, 0.25) is 0 Å². The van der Waals surface area contributed by atoms with Crippen molar-refractivity contribution in [1.82, 2.24) is 14.7 Å². The van der Waals surface area contributed by atoms with Gasteiger partial charge in [-0.25, -0.2) is 4.68 Å². The van der Waals surface area contributed by atoms with E-state index in [4.69, 9.17) is 0 Å². The first-order valence-corrected chi connectivity index (χ1v) is 6.60. The fourth-order valence-corrected chi connectivity index (χ4v) is 2.11. The monoisotopic (exact) mass is 249 g/mol. The number of carbonyl (C=O) groups excluding carboxylic acids is 1. The fraction of sp³-hybridized carbons (Fsp3) is 0.615. The highest BCUT2D eigenvalue weighted by Crippen LogP contribution is 2.10. The molecule has 0 saturated carbocycles. The molecule has 0 spiro atoms. The van der Waals surface area contributed by atoms with Crippen LogP contribution in [0.5, 0.6) is 0 Å². The van der Waals surface area contributed by atoms with Crippen molar-refractivity contribution in [2.24, 2.45) is 0 Å². The predicted octanol–water partition coefficient (Wildman–Crippen LogP) is 1.28. The number of hydrogen-bond acceptors (Lipinski definition) is 3. The van der Waals surface area contributed by atoms with E-state index in [1.807, 2.05) is 0 Å². The Hall–Kier alpha value is -1.65. The molecule has 1 aromatic heterocycles. The zero-order chi connectivity index (χ0) is 13.0. The first-order valence-electron chi connectivity index (χ1n) is 6.60. The molecule has 2 heterocycles. The molecule has 18 heavy (non-hydrogen) atoms. The minimum atomic E-state index is -0.138. The molecule has 1 saturated heterocycles. The van der Waals surface area contributed by atoms with Crippen molar-refractivity contribution in [3.63, 3.8) is 0 Å². The van der Waals surface area contributed by atoms with Gasteiger partial charge in [-0.15, -0.1) is 0 Å². The van der Waals surface area contributed by atoms with Crippen LogP contribution in [-0.4, -0.2) is 33.7 Å². The second kappa shape index (κ2) is 5.80. The molecule has 1 aromatic rings. The number of nitrogens with zero attached hydrogens (tertiary/aromatic N) is 3. The first kappa shape index (κ1) is 12.8. The Morgan fingerprint density at radius 2 is 2.06 bits per heavy atom. The van der Waals surface area contributed by atoms with E-state index in [0.29, 0.717) is 12.2 Å². The molecule has 0 unspecified atom stereocenters. The van der Waals surface area contributed by atoms with Gasteiger partial charge in [0.15, 0.2) is 0 Å². The molecule has 0 radical (unpaired) electrons. The van der Waals surface area contributed by atoms with Gasteiger partial charge in [0.2, 0.25) is 0 Å². The van der Waals surface area contributed by atoms with E-state index in [-0.39, 0.29) is 11.5 Å². The standard InChI is InChI=1S/C13H19N3O2/c1-2-3-10-16-12(17)7-6-11(14-16)13(18)15-8-4-5-9-15/h6-7H,2-5,8-10H2,1H3. The average Bonchev–Trinajstić information content (AvgIpc) is 2.91. The highest BCUT2D eigenvalue weighted by molar-refractivity contribution is 5.92. The lowest BCUT2D eigenvalue weighted by Gasteiger charge is -2.15. The summed E-state index contributed by atoms with van der Waals surface area (Å²) >= 11 is 0. The van der Waals surface area contributed by atoms with E-state index in [9.17, 15) is 9.59 Å². The Labute approximate surface area is 106 Å². The van der Waals surface area contributed by atoms with Crippen molar-refractivity contribution in [2.45, 2.75) is 39.2 Å². The molecule has 1 amide bonds. The second-order valence-electron chi connectivity index (χ2n) is 4.63. The predicted molar refractivity (Wildman–Crippen MR) is 68.5 cm³/mol. The lowest BCUT2D eigenvalue weighted by Crippen LogP contribution is -2.31. The molecule has 0 aliphatic carbocycles. The summed E-state index contributed by atoms with van der Waals surface area (Å²) in [4.78, 5) is 25.5. The van der Waals surface area contributed by atoms with Gasteiger partial charge in [-0.3, -0.25) is 9.59 Å². The van der Waals surface area contributed by atoms with E-state index in [1.54, 1.807) is 4.90 Å². The van der Waals surface area contributed by atoms with Gasteiger partial charge < -0.3 is 4.90 Å². The number of likely N-dealkylation sites (tertiary alicyclic amines) is 1. The summed E-state index contributed by atoms with van der Waals surface area (Å²) < 4.78 is 1.40. The van der Waals surface area contributed by atoms with Crippen LogP contribution >= 0.6 is 0 Å². The largest absolute Gasteiger partial charge is 0.337 e. The van der Waals surface area contributed by atoms with E-state index in [2.05, 4.69) is 12.0 Å². The zero-order valence-corrected chi connectivity index (χ0v) is 10.8. The molecule has 1 aliphatic heterocycles. The normalized spacial score (nSPS) is 15.1. The molecule has 98 valence electrons. The summed E-state index contributed by atoms with van der Waals surface area (Å²) in [5.41, 5.74) is 0.244. The van der Waals surface area contributed by atoms with Crippen LogP contribution in [0.3, 0.4) is 0 Å². The number of aryl methyl sites for hydroxylation is 1. The van der Waals surface area contributed by atoms with Gasteiger partial charge in [0.1, 0.15) is 5.69 Å². The highest BCUT2D eigenvalue weighted by atomic mass is 16.2. The van der Waals surface area contributed by atoms with Crippen LogP contribution < -0.4 is 5.56 Å². The molecule has 0 atom stereocenters. The summed E-state index contributed by atoms with van der Waals surface area (Å²) in [6, 6.07) is 2.97. The lowest BCUT2D eigenvalue weighted by molar-refractivity contribution is 0.0784. The highest BCUT2D eigenvalue weighted by Gasteiger charge is 2.21. The first-order chi connectivity index (χ1) is 8.72. The third-order valence-electron chi connectivity index (χ3n) is 3.20. The molecule has 0 N–H and O–H groups in total. The minimum Gasteiger partial charge on any atom is -0.337 e. The van der Waals surface area contributed by atoms with Crippen LogP contribution in [0.15, 0.2) is 16.9 Å². The Morgan fingerprint density at radius 1 is 1.33 bits per heavy atom. The summed E-state index contributed by atoms with van der Waals surface area (Å²) in [5.74, 6) is -0.0576. The molecule has 1 fully saturated rings. The van der Waals surface area contributed by atoms with Gasteiger partial charge >= 0.3 is 0 Å². The average molecular weight is 249 g/mol. The minimum absolute atomic E-state index is 0.0576. The molecule has 0 aromatic carbocycles. The summed E-state index contributed by atoms with van der Waals surface area (Å²) in [6.07, 6.45) is 4.01. The van der Waals surface area contributed by atoms with Gasteiger partial charge in [-0.05, 0) is 25.3 Å². The van der Waals surface area contributed by atoms with Crippen molar-refractivity contribution < 1.29 is 4.79 Å². The second-order valence-corrected chi connectivity index (χ2v) is 4.63. The van der Waals surface area contributed by atoms with E-state index >= 15 is 0 Å². The topological polar surface area (TPSA) is 55.2 Å². The smallest absolute Gasteiger partial charge is 0.274 e. The number of hydrogen-bond donors (Lipinski definition) is 0. The maximum Gasteiger partial charge on any atom is 0.274 e. The number of amides is 1. The Balaban J connectivity index is 2.17. The molecule has 5 heteroatoms. The van der Waals surface area contributed by atoms with Gasteiger partial charge in [0, 0.05) is 25.7 Å². The summed E-state index contributed by atoms with van der Waals surface area (Å²) in [7, 11) is 0. The maximum absolute atomic E-state index is 12.1. The molecular formula is C13H19N3O2. The Bertz CT molecular complexity index is 475. The fourth-order valence-electron chi connectivity index (χ4n) is 2.11. The third kappa shape index (κ3) is 2.78. The molecule has 1 aliphatic rings. The van der Waals surface area contributed by atoms with Crippen LogP contribution in [-0.2, 0) is 6.54 Å². The SMILES string of the molecule is CCCCn1nc(C(=O)N2CCCC2)ccc1=O. The van der Waals surface area contributed by atoms with Crippen molar-refractivity contribution in [1.29, 1.82) is 0 Å². The van der Waals surface area contributed by atoms with E-state index < -0.39 is 0 Å². The van der Waals surface area contributed by atoms with Crippen LogP contribution in [0, 0.1) is 0 Å². The number of rotatable bonds is 4. The lowest BCUT2D eigenvalue weighted by atomic mass is 10.3. The van der Waals surface area contributed by atoms with Gasteiger partial charge in [0.05, 0.1) is 0 Å². The molecular weight excluding hydrogens is 230 g/mol. The molecule has 0 bridgehead atoms. The van der Waals surface area contributed by atoms with Crippen LogP contribution in [0.4, 0.5) is 0 Å². The maximum atomic E-state index is 12.1. The van der Waals surface area contributed by atoms with Crippen molar-refractivity contribution in [3.8, 4) is 0 Å². The van der Waals surface area contributed by atoms with Gasteiger partial charge in [-0.2, -0.15) is 5.10 Å². The summed E-state index contributed by atoms with van der Waals surface area (Å²) in [6.45, 7) is 4.24. The van der Waals surface area contributed by atoms with Gasteiger partial charge in [-0.1, -0.05) is 13.3 Å². The van der Waals surface area contributed by atoms with Crippen LogP contribution in [0.1, 0.15) is 43.1 Å². The van der Waals surface area contributed by atoms with E-state index in [0.717, 1.165) is 38.8 Å². The zero-order valence-electron chi connectivity index (χ0n) is 10.8. The Morgan fingerprint density at radius 3 is 2.72 bits per heavy atom. The Kier molecular flexibility index (Phi) is 4.12.